The standard InChI is InChI=1S/C17H26N2O/c1-18-17-15-6-4-3-5-14(15)11-16(17)19-9-7-13(8-10-19)12-20-2/h3-6,13,16-18H,7-12H2,1-2H3. The number of piperidine rings is 1. The Hall–Kier alpha value is -0.900. The van der Waals surface area contributed by atoms with Crippen molar-refractivity contribution in [3.05, 3.63) is 35.4 Å². The fourth-order valence-corrected chi connectivity index (χ4v) is 3.95. The van der Waals surface area contributed by atoms with Gasteiger partial charge in [0.15, 0.2) is 0 Å². The zero-order valence-corrected chi connectivity index (χ0v) is 12.6. The number of rotatable bonds is 4. The van der Waals surface area contributed by atoms with Crippen molar-refractivity contribution in [3.63, 3.8) is 0 Å². The van der Waals surface area contributed by atoms with Gasteiger partial charge in [-0.2, -0.15) is 0 Å². The van der Waals surface area contributed by atoms with E-state index in [2.05, 4.69) is 41.5 Å². The molecule has 3 nitrogen and oxygen atoms in total. The lowest BCUT2D eigenvalue weighted by Gasteiger charge is -2.38. The van der Waals surface area contributed by atoms with E-state index in [-0.39, 0.29) is 0 Å². The van der Waals surface area contributed by atoms with Crippen molar-refractivity contribution in [2.75, 3.05) is 33.9 Å². The van der Waals surface area contributed by atoms with Crippen LogP contribution in [0.3, 0.4) is 0 Å². The minimum atomic E-state index is 0.491. The van der Waals surface area contributed by atoms with Crippen LogP contribution in [-0.2, 0) is 11.2 Å². The normalized spacial score (nSPS) is 27.7. The van der Waals surface area contributed by atoms with E-state index < -0.39 is 0 Å². The van der Waals surface area contributed by atoms with Crippen LogP contribution in [0.1, 0.15) is 30.0 Å². The maximum Gasteiger partial charge on any atom is 0.0491 e. The van der Waals surface area contributed by atoms with Crippen molar-refractivity contribution in [1.29, 1.82) is 0 Å². The Balaban J connectivity index is 1.67. The molecule has 110 valence electrons. The first-order valence-electron chi connectivity index (χ1n) is 7.81. The molecule has 2 atom stereocenters. The van der Waals surface area contributed by atoms with E-state index in [0.717, 1.165) is 12.5 Å². The number of methoxy groups -OCH3 is 1. The molecule has 0 bridgehead atoms. The second-order valence-electron chi connectivity index (χ2n) is 6.17. The Morgan fingerprint density at radius 2 is 2.00 bits per heavy atom. The maximum absolute atomic E-state index is 5.30. The summed E-state index contributed by atoms with van der Waals surface area (Å²) >= 11 is 0. The molecular weight excluding hydrogens is 248 g/mol. The lowest BCUT2D eigenvalue weighted by molar-refractivity contribution is 0.0724. The van der Waals surface area contributed by atoms with Crippen LogP contribution in [0.4, 0.5) is 0 Å². The monoisotopic (exact) mass is 274 g/mol. The van der Waals surface area contributed by atoms with E-state index in [9.17, 15) is 0 Å². The Bertz CT molecular complexity index is 440. The number of nitrogens with zero attached hydrogens (tertiary/aromatic N) is 1. The highest BCUT2D eigenvalue weighted by atomic mass is 16.5. The number of benzene rings is 1. The summed E-state index contributed by atoms with van der Waals surface area (Å²) in [6.07, 6.45) is 3.74. The minimum Gasteiger partial charge on any atom is -0.384 e. The molecule has 3 heteroatoms. The molecule has 1 saturated heterocycles. The number of likely N-dealkylation sites (tertiary alicyclic amines) is 1. The number of hydrogen-bond acceptors (Lipinski definition) is 3. The van der Waals surface area contributed by atoms with Crippen molar-refractivity contribution in [3.8, 4) is 0 Å². The lowest BCUT2D eigenvalue weighted by Crippen LogP contribution is -2.46. The van der Waals surface area contributed by atoms with Crippen molar-refractivity contribution in [1.82, 2.24) is 10.2 Å². The quantitative estimate of drug-likeness (QED) is 0.911. The van der Waals surface area contributed by atoms with E-state index in [1.807, 2.05) is 7.11 Å². The first-order chi connectivity index (χ1) is 9.83. The van der Waals surface area contributed by atoms with Gasteiger partial charge in [0.05, 0.1) is 0 Å². The predicted octanol–water partition coefficient (Wildman–Crippen LogP) is 2.23. The third-order valence-corrected chi connectivity index (χ3v) is 5.04. The molecule has 2 unspecified atom stereocenters. The zero-order chi connectivity index (χ0) is 13.9. The highest BCUT2D eigenvalue weighted by molar-refractivity contribution is 5.37. The highest BCUT2D eigenvalue weighted by Gasteiger charge is 2.36. The second kappa shape index (κ2) is 6.25. The van der Waals surface area contributed by atoms with Crippen LogP contribution in [0, 0.1) is 5.92 Å². The Morgan fingerprint density at radius 1 is 1.25 bits per heavy atom. The lowest BCUT2D eigenvalue weighted by atomic mass is 9.95. The van der Waals surface area contributed by atoms with Crippen LogP contribution >= 0.6 is 0 Å². The van der Waals surface area contributed by atoms with Gasteiger partial charge in [-0.15, -0.1) is 0 Å². The van der Waals surface area contributed by atoms with Crippen molar-refractivity contribution < 1.29 is 4.74 Å². The minimum absolute atomic E-state index is 0.491. The van der Waals surface area contributed by atoms with Gasteiger partial charge in [-0.05, 0) is 56.4 Å². The molecule has 1 aromatic rings. The smallest absolute Gasteiger partial charge is 0.0491 e. The number of fused-ring (bicyclic) bond motifs is 1. The van der Waals surface area contributed by atoms with Crippen LogP contribution in [-0.4, -0.2) is 44.8 Å². The average Bonchev–Trinajstić information content (AvgIpc) is 2.87. The molecule has 0 saturated carbocycles. The van der Waals surface area contributed by atoms with Gasteiger partial charge in [-0.25, -0.2) is 0 Å². The topological polar surface area (TPSA) is 24.5 Å². The van der Waals surface area contributed by atoms with Gasteiger partial charge in [0, 0.05) is 25.8 Å². The number of nitrogens with one attached hydrogen (secondary N) is 1. The van der Waals surface area contributed by atoms with Gasteiger partial charge < -0.3 is 10.1 Å². The van der Waals surface area contributed by atoms with Gasteiger partial charge in [0.1, 0.15) is 0 Å². The van der Waals surface area contributed by atoms with E-state index in [0.29, 0.717) is 12.1 Å². The third-order valence-electron chi connectivity index (χ3n) is 5.04. The maximum atomic E-state index is 5.30. The van der Waals surface area contributed by atoms with E-state index in [4.69, 9.17) is 4.74 Å². The molecular formula is C17H26N2O. The molecule has 1 aliphatic heterocycles. The van der Waals surface area contributed by atoms with E-state index >= 15 is 0 Å². The van der Waals surface area contributed by atoms with Gasteiger partial charge >= 0.3 is 0 Å². The molecule has 0 radical (unpaired) electrons. The van der Waals surface area contributed by atoms with Crippen LogP contribution in [0.15, 0.2) is 24.3 Å². The van der Waals surface area contributed by atoms with Gasteiger partial charge in [0.25, 0.3) is 0 Å². The summed E-state index contributed by atoms with van der Waals surface area (Å²) in [5, 5.41) is 3.54. The van der Waals surface area contributed by atoms with Gasteiger partial charge in [0.2, 0.25) is 0 Å². The van der Waals surface area contributed by atoms with E-state index in [1.165, 1.54) is 43.5 Å². The van der Waals surface area contributed by atoms with Crippen molar-refractivity contribution >= 4 is 0 Å². The van der Waals surface area contributed by atoms with Crippen molar-refractivity contribution in [2.24, 2.45) is 5.92 Å². The summed E-state index contributed by atoms with van der Waals surface area (Å²) in [6, 6.07) is 10.0. The van der Waals surface area contributed by atoms with Crippen LogP contribution in [0.25, 0.3) is 0 Å². The van der Waals surface area contributed by atoms with E-state index in [1.54, 1.807) is 0 Å². The number of ether oxygens (including phenoxy) is 1. The molecule has 1 aromatic carbocycles. The molecule has 1 fully saturated rings. The van der Waals surface area contributed by atoms with Crippen LogP contribution in [0.5, 0.6) is 0 Å². The third kappa shape index (κ3) is 2.62. The number of likely N-dealkylation sites (N-methyl/N-ethyl adjacent to an activating group) is 1. The number of hydrogen-bond donors (Lipinski definition) is 1. The summed E-state index contributed by atoms with van der Waals surface area (Å²) in [5.74, 6) is 0.757. The zero-order valence-electron chi connectivity index (χ0n) is 12.6. The summed E-state index contributed by atoms with van der Waals surface area (Å²) in [4.78, 5) is 2.69. The van der Waals surface area contributed by atoms with Crippen LogP contribution in [0.2, 0.25) is 0 Å². The second-order valence-corrected chi connectivity index (χ2v) is 6.17. The molecule has 0 amide bonds. The van der Waals surface area contributed by atoms with Crippen LogP contribution < -0.4 is 5.32 Å². The molecule has 1 aliphatic carbocycles. The molecule has 1 N–H and O–H groups in total. The Labute approximate surface area is 122 Å². The molecule has 3 rings (SSSR count). The Morgan fingerprint density at radius 3 is 2.70 bits per heavy atom. The molecule has 0 aromatic heterocycles. The van der Waals surface area contributed by atoms with Crippen molar-refractivity contribution in [2.45, 2.75) is 31.3 Å². The fourth-order valence-electron chi connectivity index (χ4n) is 3.95. The summed E-state index contributed by atoms with van der Waals surface area (Å²) < 4.78 is 5.30. The first-order valence-corrected chi connectivity index (χ1v) is 7.81. The Kier molecular flexibility index (Phi) is 4.39. The molecule has 0 spiro atoms. The molecule has 20 heavy (non-hydrogen) atoms. The molecule has 1 heterocycles. The predicted molar refractivity (Wildman–Crippen MR) is 81.9 cm³/mol. The summed E-state index contributed by atoms with van der Waals surface area (Å²) in [7, 11) is 3.91. The summed E-state index contributed by atoms with van der Waals surface area (Å²) in [5.41, 5.74) is 3.02. The summed E-state index contributed by atoms with van der Waals surface area (Å²) in [6.45, 7) is 3.35. The highest BCUT2D eigenvalue weighted by Crippen LogP contribution is 2.35. The SMILES string of the molecule is CNC1c2ccccc2CC1N1CCC(COC)CC1. The van der Waals surface area contributed by atoms with Gasteiger partial charge in [-0.1, -0.05) is 24.3 Å². The fraction of sp³-hybridized carbons (Fsp3) is 0.647. The molecule has 2 aliphatic rings. The average molecular weight is 274 g/mol. The first kappa shape index (κ1) is 14.1. The largest absolute Gasteiger partial charge is 0.384 e. The van der Waals surface area contributed by atoms with Gasteiger partial charge in [-0.3, -0.25) is 4.90 Å².